The third kappa shape index (κ3) is 4.05. The summed E-state index contributed by atoms with van der Waals surface area (Å²) < 4.78 is 21.0. The maximum absolute atomic E-state index is 13.7. The van der Waals surface area contributed by atoms with Crippen LogP contribution in [0.5, 0.6) is 0 Å². The van der Waals surface area contributed by atoms with Crippen molar-refractivity contribution in [3.05, 3.63) is 83.2 Å². The fraction of sp³-hybridized carbons (Fsp3) is 0.273. The average Bonchev–Trinajstić information content (AvgIpc) is 3.35. The van der Waals surface area contributed by atoms with E-state index in [0.717, 1.165) is 30.0 Å². The number of nitrogens with one attached hydrogen (secondary N) is 1. The monoisotopic (exact) mass is 444 g/mol. The molecule has 4 rings (SSSR count). The molecule has 8 heteroatoms. The Labute approximate surface area is 185 Å². The van der Waals surface area contributed by atoms with E-state index in [9.17, 15) is 4.39 Å². The van der Waals surface area contributed by atoms with Gasteiger partial charge in [0.2, 0.25) is 0 Å². The number of ether oxygens (including phenoxy) is 1. The molecule has 0 amide bonds. The lowest BCUT2D eigenvalue weighted by atomic mass is 10.0. The molecule has 1 fully saturated rings. The molecule has 156 valence electrons. The topological polar surface area (TPSA) is 42.3 Å². The zero-order valence-electron chi connectivity index (χ0n) is 16.5. The van der Waals surface area contributed by atoms with Gasteiger partial charge in [-0.1, -0.05) is 17.7 Å². The Morgan fingerprint density at radius 2 is 2.10 bits per heavy atom. The molecule has 0 saturated carbocycles. The van der Waals surface area contributed by atoms with Crippen molar-refractivity contribution in [3.8, 4) is 5.69 Å². The molecule has 1 N–H and O–H groups in total. The molecule has 3 aromatic rings. The maximum Gasteiger partial charge on any atom is 0.170 e. The number of hydrogen-bond donors (Lipinski definition) is 1. The summed E-state index contributed by atoms with van der Waals surface area (Å²) in [5.41, 5.74) is 2.71. The molecule has 30 heavy (non-hydrogen) atoms. The summed E-state index contributed by atoms with van der Waals surface area (Å²) in [6.07, 6.45) is 4.57. The van der Waals surface area contributed by atoms with E-state index in [2.05, 4.69) is 21.3 Å². The van der Waals surface area contributed by atoms with Crippen LogP contribution < -0.4 is 5.32 Å². The Hall–Kier alpha value is -2.48. The lowest BCUT2D eigenvalue weighted by molar-refractivity contribution is 0.180. The smallest absolute Gasteiger partial charge is 0.170 e. The zero-order valence-corrected chi connectivity index (χ0v) is 18.0. The Morgan fingerprint density at radius 1 is 1.23 bits per heavy atom. The molecule has 3 heterocycles. The van der Waals surface area contributed by atoms with Gasteiger partial charge >= 0.3 is 0 Å². The lowest BCUT2D eigenvalue weighted by Gasteiger charge is -2.29. The minimum Gasteiger partial charge on any atom is -0.385 e. The highest BCUT2D eigenvalue weighted by Crippen LogP contribution is 2.39. The fourth-order valence-electron chi connectivity index (χ4n) is 3.85. The second kappa shape index (κ2) is 9.12. The van der Waals surface area contributed by atoms with Crippen molar-refractivity contribution in [2.45, 2.75) is 18.5 Å². The van der Waals surface area contributed by atoms with E-state index in [0.29, 0.717) is 11.7 Å². The summed E-state index contributed by atoms with van der Waals surface area (Å²) in [6, 6.07) is 14.4. The van der Waals surface area contributed by atoms with Gasteiger partial charge in [-0.05, 0) is 61.1 Å². The van der Waals surface area contributed by atoms with Crippen molar-refractivity contribution < 1.29 is 9.13 Å². The van der Waals surface area contributed by atoms with E-state index in [1.807, 2.05) is 35.0 Å². The number of hydrogen-bond acceptors (Lipinski definition) is 3. The molecule has 0 unspecified atom stereocenters. The van der Waals surface area contributed by atoms with E-state index in [4.69, 9.17) is 28.6 Å². The van der Waals surface area contributed by atoms with Crippen LogP contribution in [-0.4, -0.2) is 39.8 Å². The van der Waals surface area contributed by atoms with Crippen LogP contribution in [0.1, 0.15) is 29.9 Å². The molecule has 2 atom stereocenters. The van der Waals surface area contributed by atoms with Gasteiger partial charge in [0.25, 0.3) is 0 Å². The van der Waals surface area contributed by atoms with Crippen molar-refractivity contribution in [2.24, 2.45) is 0 Å². The zero-order chi connectivity index (χ0) is 21.1. The largest absolute Gasteiger partial charge is 0.385 e. The number of rotatable bonds is 7. The second-order valence-electron chi connectivity index (χ2n) is 7.07. The molecule has 1 aliphatic heterocycles. The standard InChI is InChI=1S/C22H22ClFN4OS/c1-29-13-5-12-28-21(20(26-22(28)30)18-6-2-3-10-25-18)19-7-4-11-27(19)15-8-9-17(24)16(23)14-15/h2-4,6-11,14,20-21H,5,12-13H2,1H3,(H,26,30)/t20-,21+/m1/s1. The van der Waals surface area contributed by atoms with Crippen LogP contribution in [-0.2, 0) is 4.74 Å². The van der Waals surface area contributed by atoms with Crippen LogP contribution in [0.2, 0.25) is 5.02 Å². The van der Waals surface area contributed by atoms with Gasteiger partial charge in [-0.2, -0.15) is 0 Å². The van der Waals surface area contributed by atoms with Gasteiger partial charge < -0.3 is 19.5 Å². The second-order valence-corrected chi connectivity index (χ2v) is 7.86. The predicted octanol–water partition coefficient (Wildman–Crippen LogP) is 4.67. The summed E-state index contributed by atoms with van der Waals surface area (Å²) in [7, 11) is 1.69. The van der Waals surface area contributed by atoms with Gasteiger partial charge in [0.1, 0.15) is 5.82 Å². The van der Waals surface area contributed by atoms with Crippen LogP contribution in [0.3, 0.4) is 0 Å². The Morgan fingerprint density at radius 3 is 2.83 bits per heavy atom. The van der Waals surface area contributed by atoms with E-state index in [1.54, 1.807) is 25.4 Å². The van der Waals surface area contributed by atoms with Crippen molar-refractivity contribution in [1.29, 1.82) is 0 Å². The number of thiocarbonyl (C=S) groups is 1. The average molecular weight is 445 g/mol. The van der Waals surface area contributed by atoms with Crippen molar-refractivity contribution >= 4 is 28.9 Å². The highest BCUT2D eigenvalue weighted by Gasteiger charge is 2.40. The summed E-state index contributed by atoms with van der Waals surface area (Å²) in [5.74, 6) is -0.439. The lowest BCUT2D eigenvalue weighted by Crippen LogP contribution is -2.32. The third-order valence-electron chi connectivity index (χ3n) is 5.21. The number of halogens is 2. The van der Waals surface area contributed by atoms with Gasteiger partial charge in [-0.3, -0.25) is 4.98 Å². The molecular weight excluding hydrogens is 423 g/mol. The van der Waals surface area contributed by atoms with E-state index in [-0.39, 0.29) is 17.1 Å². The van der Waals surface area contributed by atoms with Crippen molar-refractivity contribution in [3.63, 3.8) is 0 Å². The van der Waals surface area contributed by atoms with Crippen molar-refractivity contribution in [2.75, 3.05) is 20.3 Å². The molecular formula is C22H22ClFN4OS. The molecule has 1 aromatic carbocycles. The highest BCUT2D eigenvalue weighted by molar-refractivity contribution is 7.80. The minimum absolute atomic E-state index is 0.0884. The molecule has 0 radical (unpaired) electrons. The van der Waals surface area contributed by atoms with Gasteiger partial charge in [0.15, 0.2) is 5.11 Å². The van der Waals surface area contributed by atoms with Crippen LogP contribution in [0.25, 0.3) is 5.69 Å². The summed E-state index contributed by atoms with van der Waals surface area (Å²) in [5, 5.41) is 4.21. The Bertz CT molecular complexity index is 1030. The van der Waals surface area contributed by atoms with Gasteiger partial charge in [-0.25, -0.2) is 4.39 Å². The molecule has 1 saturated heterocycles. The van der Waals surface area contributed by atoms with Crippen LogP contribution in [0.4, 0.5) is 4.39 Å². The van der Waals surface area contributed by atoms with Gasteiger partial charge in [0.05, 0.1) is 22.8 Å². The van der Waals surface area contributed by atoms with Crippen LogP contribution in [0.15, 0.2) is 60.9 Å². The maximum atomic E-state index is 13.7. The number of nitrogens with zero attached hydrogens (tertiary/aromatic N) is 3. The highest BCUT2D eigenvalue weighted by atomic mass is 35.5. The van der Waals surface area contributed by atoms with Crippen LogP contribution in [0, 0.1) is 5.82 Å². The van der Waals surface area contributed by atoms with Gasteiger partial charge in [-0.15, -0.1) is 0 Å². The summed E-state index contributed by atoms with van der Waals surface area (Å²) >= 11 is 11.7. The summed E-state index contributed by atoms with van der Waals surface area (Å²) in [4.78, 5) is 6.73. The first kappa shape index (κ1) is 20.8. The van der Waals surface area contributed by atoms with Crippen molar-refractivity contribution in [1.82, 2.24) is 19.8 Å². The molecule has 0 bridgehead atoms. The Kier molecular flexibility index (Phi) is 6.32. The third-order valence-corrected chi connectivity index (χ3v) is 5.85. The molecule has 2 aromatic heterocycles. The number of methoxy groups -OCH3 is 1. The molecule has 0 aliphatic carbocycles. The van der Waals surface area contributed by atoms with Crippen LogP contribution >= 0.6 is 23.8 Å². The number of benzene rings is 1. The Balaban J connectivity index is 1.76. The molecule has 0 spiro atoms. The first-order chi connectivity index (χ1) is 14.6. The molecule has 1 aliphatic rings. The van der Waals surface area contributed by atoms with E-state index >= 15 is 0 Å². The normalized spacial score (nSPS) is 18.6. The van der Waals surface area contributed by atoms with E-state index in [1.165, 1.54) is 6.07 Å². The summed E-state index contributed by atoms with van der Waals surface area (Å²) in [6.45, 7) is 1.39. The first-order valence-electron chi connectivity index (χ1n) is 9.70. The minimum atomic E-state index is -0.439. The predicted molar refractivity (Wildman–Crippen MR) is 119 cm³/mol. The first-order valence-corrected chi connectivity index (χ1v) is 10.5. The quantitative estimate of drug-likeness (QED) is 0.423. The van der Waals surface area contributed by atoms with E-state index < -0.39 is 5.82 Å². The fourth-order valence-corrected chi connectivity index (χ4v) is 4.36. The van der Waals surface area contributed by atoms with Gasteiger partial charge in [0, 0.05) is 44.0 Å². The molecule has 5 nitrogen and oxygen atoms in total. The number of aromatic nitrogens is 2. The SMILES string of the molecule is COCCCN1C(=S)N[C@H](c2ccccn2)[C@@H]1c1cccn1-c1ccc(F)c(Cl)c1. The number of pyridine rings is 1.